The van der Waals surface area contributed by atoms with E-state index in [1.807, 2.05) is 6.92 Å². The molecule has 1 spiro atoms. The van der Waals surface area contributed by atoms with Gasteiger partial charge in [0, 0.05) is 6.42 Å². The fourth-order valence-corrected chi connectivity index (χ4v) is 4.18. The van der Waals surface area contributed by atoms with Gasteiger partial charge in [-0.2, -0.15) is 4.37 Å². The molecular formula is C13H12ClN3O5S. The molecule has 10 heteroatoms. The third-order valence-electron chi connectivity index (χ3n) is 4.13. The van der Waals surface area contributed by atoms with Gasteiger partial charge in [0.2, 0.25) is 0 Å². The van der Waals surface area contributed by atoms with E-state index in [1.165, 1.54) is 0 Å². The lowest BCUT2D eigenvalue weighted by atomic mass is 9.94. The zero-order valence-corrected chi connectivity index (χ0v) is 13.6. The summed E-state index contributed by atoms with van der Waals surface area (Å²) in [6.07, 6.45) is 0.358. The van der Waals surface area contributed by atoms with Crippen LogP contribution in [-0.2, 0) is 19.1 Å². The Bertz CT molecular complexity index is 735. The summed E-state index contributed by atoms with van der Waals surface area (Å²) in [5.74, 6) is -1.77. The molecule has 0 aliphatic carbocycles. The molecule has 1 fully saturated rings. The molecule has 4 rings (SSSR count). The summed E-state index contributed by atoms with van der Waals surface area (Å²) in [6, 6.07) is -0.203. The molecule has 1 saturated heterocycles. The van der Waals surface area contributed by atoms with E-state index in [0.717, 1.165) is 11.7 Å². The molecule has 3 bridgehead atoms. The maximum atomic E-state index is 11.9. The molecule has 23 heavy (non-hydrogen) atoms. The van der Waals surface area contributed by atoms with Gasteiger partial charge in [0.05, 0.1) is 35.0 Å². The van der Waals surface area contributed by atoms with Crippen LogP contribution in [0.3, 0.4) is 0 Å². The second-order valence-corrected chi connectivity index (χ2v) is 6.34. The Morgan fingerprint density at radius 2 is 2.26 bits per heavy atom. The Morgan fingerprint density at radius 3 is 3.04 bits per heavy atom. The Hall–Kier alpha value is -1.71. The summed E-state index contributed by atoms with van der Waals surface area (Å²) >= 11 is 7.48. The van der Waals surface area contributed by atoms with Crippen LogP contribution in [0.5, 0.6) is 5.88 Å². The van der Waals surface area contributed by atoms with Crippen LogP contribution < -0.4 is 10.1 Å². The van der Waals surface area contributed by atoms with Crippen molar-refractivity contribution in [3.63, 3.8) is 0 Å². The van der Waals surface area contributed by atoms with E-state index < -0.39 is 23.8 Å². The highest BCUT2D eigenvalue weighted by molar-refractivity contribution is 6.99. The second-order valence-electron chi connectivity index (χ2n) is 5.41. The van der Waals surface area contributed by atoms with E-state index in [2.05, 4.69) is 14.1 Å². The molecule has 122 valence electrons. The van der Waals surface area contributed by atoms with Crippen LogP contribution in [0.1, 0.15) is 25.5 Å². The summed E-state index contributed by atoms with van der Waals surface area (Å²) in [6.45, 7) is 2.23. The van der Waals surface area contributed by atoms with Gasteiger partial charge < -0.3 is 14.2 Å². The first-order chi connectivity index (χ1) is 11.1. The topological polar surface area (TPSA) is 99.6 Å². The minimum absolute atomic E-state index is 0.203. The fourth-order valence-electron chi connectivity index (χ4n) is 3.24. The van der Waals surface area contributed by atoms with Crippen LogP contribution in [-0.4, -0.2) is 45.2 Å². The molecule has 3 aliphatic rings. The predicted molar refractivity (Wildman–Crippen MR) is 78.7 cm³/mol. The number of aromatic nitrogens is 2. The molecule has 3 atom stereocenters. The van der Waals surface area contributed by atoms with Gasteiger partial charge in [-0.3, -0.25) is 5.32 Å². The van der Waals surface area contributed by atoms with Gasteiger partial charge in [0.1, 0.15) is 0 Å². The highest BCUT2D eigenvalue weighted by Crippen LogP contribution is 2.50. The number of esters is 2. The Morgan fingerprint density at radius 1 is 1.43 bits per heavy atom. The number of halogens is 1. The zero-order chi connectivity index (χ0) is 16.2. The molecule has 0 saturated carbocycles. The monoisotopic (exact) mass is 357 g/mol. The summed E-state index contributed by atoms with van der Waals surface area (Å²) in [7, 11) is 0. The largest absolute Gasteiger partial charge is 0.476 e. The van der Waals surface area contributed by atoms with E-state index >= 15 is 0 Å². The van der Waals surface area contributed by atoms with Crippen molar-refractivity contribution < 1.29 is 23.8 Å². The number of carbonyl (C=O) groups is 2. The molecule has 3 unspecified atom stereocenters. The van der Waals surface area contributed by atoms with Crippen LogP contribution in [0.15, 0.2) is 5.03 Å². The van der Waals surface area contributed by atoms with E-state index in [4.69, 9.17) is 25.8 Å². The minimum Gasteiger partial charge on any atom is -0.476 e. The molecule has 8 nitrogen and oxygen atoms in total. The highest BCUT2D eigenvalue weighted by atomic mass is 35.5. The molecule has 4 heterocycles. The van der Waals surface area contributed by atoms with Crippen molar-refractivity contribution in [2.75, 3.05) is 6.61 Å². The van der Waals surface area contributed by atoms with Gasteiger partial charge in [-0.25, -0.2) is 9.59 Å². The van der Waals surface area contributed by atoms with Gasteiger partial charge in [-0.15, -0.1) is 4.37 Å². The van der Waals surface area contributed by atoms with Crippen molar-refractivity contribution in [3.8, 4) is 5.88 Å². The number of nitrogens with zero attached hydrogens (tertiary/aromatic N) is 2. The molecule has 1 aromatic heterocycles. The van der Waals surface area contributed by atoms with E-state index in [-0.39, 0.29) is 6.04 Å². The standard InChI is InChI=1S/C13H12ClN3O5S/c1-2-20-10-8(16-23-17-10)6-7(14)9-5-3-4-13(6,15-5)22-12(19)11(18)21-9/h5,9,15H,2-4H2,1H3. The van der Waals surface area contributed by atoms with Crippen molar-refractivity contribution >= 4 is 40.8 Å². The van der Waals surface area contributed by atoms with Crippen molar-refractivity contribution in [2.24, 2.45) is 0 Å². The SMILES string of the molecule is CCOc1nsnc1C1=C(Cl)C2OC(=O)C(=O)OC13CCC2N3. The first-order valence-corrected chi connectivity index (χ1v) is 8.24. The maximum Gasteiger partial charge on any atom is 0.419 e. The minimum atomic E-state index is -1.20. The summed E-state index contributed by atoms with van der Waals surface area (Å²) < 4.78 is 24.5. The Labute approximate surface area is 140 Å². The average molecular weight is 358 g/mol. The number of rotatable bonds is 3. The first-order valence-electron chi connectivity index (χ1n) is 7.13. The molecule has 0 radical (unpaired) electrons. The van der Waals surface area contributed by atoms with Gasteiger partial charge in [0.15, 0.2) is 17.5 Å². The van der Waals surface area contributed by atoms with Crippen LogP contribution >= 0.6 is 23.3 Å². The molecule has 0 aromatic carbocycles. The number of hydrogen-bond acceptors (Lipinski definition) is 9. The summed E-state index contributed by atoms with van der Waals surface area (Å²) in [5, 5.41) is 3.51. The number of hydrogen-bond donors (Lipinski definition) is 1. The lowest BCUT2D eigenvalue weighted by Gasteiger charge is -2.40. The van der Waals surface area contributed by atoms with Crippen molar-refractivity contribution in [3.05, 3.63) is 10.7 Å². The Balaban J connectivity index is 1.90. The lowest BCUT2D eigenvalue weighted by molar-refractivity contribution is -0.182. The Kier molecular flexibility index (Phi) is 3.33. The quantitative estimate of drug-likeness (QED) is 0.627. The van der Waals surface area contributed by atoms with Gasteiger partial charge >= 0.3 is 11.9 Å². The maximum absolute atomic E-state index is 11.9. The van der Waals surface area contributed by atoms with E-state index in [9.17, 15) is 9.59 Å². The van der Waals surface area contributed by atoms with Crippen LogP contribution in [0.4, 0.5) is 0 Å². The van der Waals surface area contributed by atoms with Crippen LogP contribution in [0.25, 0.3) is 5.57 Å². The van der Waals surface area contributed by atoms with Crippen molar-refractivity contribution in [1.82, 2.24) is 14.1 Å². The second kappa shape index (κ2) is 5.15. The van der Waals surface area contributed by atoms with Crippen molar-refractivity contribution in [2.45, 2.75) is 37.6 Å². The van der Waals surface area contributed by atoms with Gasteiger partial charge in [-0.05, 0) is 13.3 Å². The lowest BCUT2D eigenvalue weighted by Crippen LogP contribution is -2.59. The molecule has 3 aliphatic heterocycles. The highest BCUT2D eigenvalue weighted by Gasteiger charge is 2.58. The predicted octanol–water partition coefficient (Wildman–Crippen LogP) is 0.817. The number of ether oxygens (including phenoxy) is 3. The molecule has 1 aromatic rings. The third-order valence-corrected chi connectivity index (χ3v) is 5.04. The molecular weight excluding hydrogens is 346 g/mol. The summed E-state index contributed by atoms with van der Waals surface area (Å²) in [4.78, 5) is 23.6. The fraction of sp³-hybridized carbons (Fsp3) is 0.538. The van der Waals surface area contributed by atoms with E-state index in [1.54, 1.807) is 0 Å². The van der Waals surface area contributed by atoms with Crippen molar-refractivity contribution in [1.29, 1.82) is 0 Å². The molecule has 1 N–H and O–H groups in total. The number of fused-ring (bicyclic) bond motifs is 3. The van der Waals surface area contributed by atoms with Crippen LogP contribution in [0, 0.1) is 0 Å². The smallest absolute Gasteiger partial charge is 0.419 e. The third kappa shape index (κ3) is 2.07. The van der Waals surface area contributed by atoms with Gasteiger partial charge in [-0.1, -0.05) is 11.6 Å². The van der Waals surface area contributed by atoms with E-state index in [0.29, 0.717) is 41.6 Å². The number of carbonyl (C=O) groups excluding carboxylic acids is 2. The first kappa shape index (κ1) is 14.9. The average Bonchev–Trinajstić information content (AvgIpc) is 3.11. The number of nitrogens with one attached hydrogen (secondary N) is 1. The van der Waals surface area contributed by atoms with Gasteiger partial charge in [0.25, 0.3) is 5.88 Å². The normalized spacial score (nSPS) is 32.4. The molecule has 0 amide bonds. The zero-order valence-electron chi connectivity index (χ0n) is 12.0. The van der Waals surface area contributed by atoms with Crippen LogP contribution in [0.2, 0.25) is 0 Å². The summed E-state index contributed by atoms with van der Waals surface area (Å²) in [5.41, 5.74) is -0.336.